The van der Waals surface area contributed by atoms with Gasteiger partial charge in [0, 0.05) is 12.4 Å². The number of nitrogens with one attached hydrogen (secondary N) is 1. The first-order valence-electron chi connectivity index (χ1n) is 4.93. The number of amides is 1. The van der Waals surface area contributed by atoms with Gasteiger partial charge in [-0.1, -0.05) is 26.5 Å². The van der Waals surface area contributed by atoms with Crippen molar-refractivity contribution in [2.24, 2.45) is 0 Å². The number of nitrogens with zero attached hydrogens (tertiary/aromatic N) is 1. The Morgan fingerprint density at radius 1 is 1.60 bits per heavy atom. The highest BCUT2D eigenvalue weighted by Crippen LogP contribution is 2.12. The first-order valence-corrected chi connectivity index (χ1v) is 4.93. The van der Waals surface area contributed by atoms with E-state index in [-0.39, 0.29) is 12.5 Å². The van der Waals surface area contributed by atoms with Crippen LogP contribution in [0.4, 0.5) is 0 Å². The predicted molar refractivity (Wildman–Crippen MR) is 60.5 cm³/mol. The van der Waals surface area contributed by atoms with Crippen molar-refractivity contribution in [3.8, 4) is 0 Å². The summed E-state index contributed by atoms with van der Waals surface area (Å²) in [6.45, 7) is 9.14. The summed E-state index contributed by atoms with van der Waals surface area (Å²) >= 11 is 0. The number of allylic oxidation sites excluding steroid dienone is 1. The first-order chi connectivity index (χ1) is 7.22. The van der Waals surface area contributed by atoms with Gasteiger partial charge in [0.15, 0.2) is 0 Å². The average molecular weight is 210 g/mol. The van der Waals surface area contributed by atoms with E-state index in [1.807, 2.05) is 13.8 Å². The van der Waals surface area contributed by atoms with Crippen molar-refractivity contribution < 1.29 is 9.90 Å². The maximum atomic E-state index is 11.3. The van der Waals surface area contributed by atoms with Crippen LogP contribution in [0.1, 0.15) is 20.8 Å². The van der Waals surface area contributed by atoms with Crippen LogP contribution in [0.2, 0.25) is 0 Å². The highest BCUT2D eigenvalue weighted by Gasteiger charge is 2.19. The molecule has 1 amide bonds. The topological polar surface area (TPSA) is 52.6 Å². The van der Waals surface area contributed by atoms with Gasteiger partial charge in [-0.05, 0) is 6.92 Å². The van der Waals surface area contributed by atoms with Crippen LogP contribution in [0, 0.1) is 0 Å². The summed E-state index contributed by atoms with van der Waals surface area (Å²) in [6, 6.07) is 0. The number of carbonyl (C=O) groups excluding carboxylic acids is 1. The summed E-state index contributed by atoms with van der Waals surface area (Å²) < 4.78 is 0. The molecule has 0 aromatic heterocycles. The second kappa shape index (κ2) is 6.84. The van der Waals surface area contributed by atoms with Gasteiger partial charge in [0.2, 0.25) is 0 Å². The third-order valence-electron chi connectivity index (χ3n) is 1.72. The fourth-order valence-electron chi connectivity index (χ4n) is 1.11. The Labute approximate surface area is 90.6 Å². The summed E-state index contributed by atoms with van der Waals surface area (Å²) in [6.07, 6.45) is 4.83. The third kappa shape index (κ3) is 3.25. The molecule has 1 aliphatic rings. The van der Waals surface area contributed by atoms with Gasteiger partial charge in [0.1, 0.15) is 5.70 Å². The molecule has 0 radical (unpaired) electrons. The number of aliphatic hydroxyl groups is 1. The Hall–Kier alpha value is -1.55. The van der Waals surface area contributed by atoms with Gasteiger partial charge in [-0.25, -0.2) is 0 Å². The van der Waals surface area contributed by atoms with Gasteiger partial charge < -0.3 is 15.3 Å². The van der Waals surface area contributed by atoms with Gasteiger partial charge in [-0.15, -0.1) is 0 Å². The predicted octanol–water partition coefficient (Wildman–Crippen LogP) is 1.33. The van der Waals surface area contributed by atoms with Crippen LogP contribution >= 0.6 is 0 Å². The van der Waals surface area contributed by atoms with Gasteiger partial charge >= 0.3 is 0 Å². The zero-order valence-electron chi connectivity index (χ0n) is 9.45. The molecule has 0 saturated carbocycles. The maximum Gasteiger partial charge on any atom is 0.272 e. The number of hydrogen-bond acceptors (Lipinski definition) is 3. The minimum absolute atomic E-state index is 0.187. The second-order valence-corrected chi connectivity index (χ2v) is 2.53. The minimum Gasteiger partial charge on any atom is -0.390 e. The Morgan fingerprint density at radius 3 is 2.60 bits per heavy atom. The molecule has 0 unspecified atom stereocenters. The van der Waals surface area contributed by atoms with E-state index in [2.05, 4.69) is 11.9 Å². The fourth-order valence-corrected chi connectivity index (χ4v) is 1.11. The van der Waals surface area contributed by atoms with Gasteiger partial charge in [0.25, 0.3) is 5.91 Å². The zero-order chi connectivity index (χ0) is 11.8. The quantitative estimate of drug-likeness (QED) is 0.676. The molecule has 1 rings (SSSR count). The molecule has 15 heavy (non-hydrogen) atoms. The number of aliphatic hydroxyl groups excluding tert-OH is 1. The third-order valence-corrected chi connectivity index (χ3v) is 1.72. The molecule has 2 N–H and O–H groups in total. The van der Waals surface area contributed by atoms with E-state index in [0.29, 0.717) is 11.4 Å². The molecule has 0 atom stereocenters. The smallest absolute Gasteiger partial charge is 0.272 e. The molecule has 0 spiro atoms. The maximum absolute atomic E-state index is 11.3. The van der Waals surface area contributed by atoms with Crippen LogP contribution in [-0.4, -0.2) is 22.5 Å². The fraction of sp³-hybridized carbons (Fsp3) is 0.364. The largest absolute Gasteiger partial charge is 0.390 e. The molecule has 0 bridgehead atoms. The highest BCUT2D eigenvalue weighted by molar-refractivity contribution is 5.95. The van der Waals surface area contributed by atoms with E-state index in [1.54, 1.807) is 24.1 Å². The lowest BCUT2D eigenvalue weighted by atomic mass is 10.2. The Kier molecular flexibility index (Phi) is 6.13. The first kappa shape index (κ1) is 13.4. The molecule has 0 aromatic rings. The summed E-state index contributed by atoms with van der Waals surface area (Å²) in [5.41, 5.74) is 0.975. The lowest BCUT2D eigenvalue weighted by Gasteiger charge is -2.25. The van der Waals surface area contributed by atoms with Gasteiger partial charge in [-0.2, -0.15) is 0 Å². The molecule has 4 heteroatoms. The SMILES string of the molecule is C=CN1C=C(CO)NC(=O)/C1=C/C.CC. The van der Waals surface area contributed by atoms with Crippen LogP contribution in [0.15, 0.2) is 36.4 Å². The van der Waals surface area contributed by atoms with Crippen LogP contribution in [-0.2, 0) is 4.79 Å². The van der Waals surface area contributed by atoms with Gasteiger partial charge in [0.05, 0.1) is 12.3 Å². The van der Waals surface area contributed by atoms with E-state index in [0.717, 1.165) is 0 Å². The Bertz CT molecular complexity index is 293. The van der Waals surface area contributed by atoms with Crippen molar-refractivity contribution >= 4 is 5.91 Å². The molecular formula is C11H18N2O2. The molecular weight excluding hydrogens is 192 g/mol. The summed E-state index contributed by atoms with van der Waals surface area (Å²) in [5, 5.41) is 11.4. The standard InChI is InChI=1S/C9H12N2O2.C2H6/c1-3-8-9(13)10-7(6-12)5-11(8)4-2;1-2/h3-5,12H,2,6H2,1H3,(H,10,13);1-2H3/b8-3-;. The van der Waals surface area contributed by atoms with Crippen molar-refractivity contribution in [1.82, 2.24) is 10.2 Å². The minimum atomic E-state index is -0.228. The van der Waals surface area contributed by atoms with Crippen LogP contribution < -0.4 is 5.32 Å². The number of hydrogen-bond donors (Lipinski definition) is 2. The van der Waals surface area contributed by atoms with E-state index in [1.165, 1.54) is 6.20 Å². The van der Waals surface area contributed by atoms with Crippen molar-refractivity contribution in [1.29, 1.82) is 0 Å². The normalized spacial score (nSPS) is 17.6. The number of carbonyl (C=O) groups is 1. The second-order valence-electron chi connectivity index (χ2n) is 2.53. The lowest BCUT2D eigenvalue weighted by Crippen LogP contribution is -2.36. The van der Waals surface area contributed by atoms with Crippen molar-refractivity contribution in [3.63, 3.8) is 0 Å². The highest BCUT2D eigenvalue weighted by atomic mass is 16.3. The molecule has 0 fully saturated rings. The number of rotatable bonds is 2. The van der Waals surface area contributed by atoms with Crippen molar-refractivity contribution in [2.75, 3.05) is 6.61 Å². The van der Waals surface area contributed by atoms with Crippen LogP contribution in [0.5, 0.6) is 0 Å². The monoisotopic (exact) mass is 210 g/mol. The molecule has 4 nitrogen and oxygen atoms in total. The van der Waals surface area contributed by atoms with Crippen molar-refractivity contribution in [3.05, 3.63) is 36.4 Å². The molecule has 1 heterocycles. The molecule has 0 saturated heterocycles. The average Bonchev–Trinajstić information content (AvgIpc) is 2.30. The molecule has 84 valence electrons. The van der Waals surface area contributed by atoms with Gasteiger partial charge in [-0.3, -0.25) is 4.79 Å². The Balaban J connectivity index is 0.000000921. The van der Waals surface area contributed by atoms with E-state index < -0.39 is 0 Å². The Morgan fingerprint density at radius 2 is 2.20 bits per heavy atom. The summed E-state index contributed by atoms with van der Waals surface area (Å²) in [7, 11) is 0. The van der Waals surface area contributed by atoms with E-state index >= 15 is 0 Å². The van der Waals surface area contributed by atoms with E-state index in [4.69, 9.17) is 5.11 Å². The molecule has 0 aromatic carbocycles. The zero-order valence-corrected chi connectivity index (χ0v) is 9.45. The van der Waals surface area contributed by atoms with Crippen LogP contribution in [0.3, 0.4) is 0 Å². The van der Waals surface area contributed by atoms with E-state index in [9.17, 15) is 4.79 Å². The summed E-state index contributed by atoms with van der Waals surface area (Å²) in [5.74, 6) is -0.228. The van der Waals surface area contributed by atoms with Crippen molar-refractivity contribution in [2.45, 2.75) is 20.8 Å². The molecule has 1 aliphatic heterocycles. The van der Waals surface area contributed by atoms with Crippen LogP contribution in [0.25, 0.3) is 0 Å². The lowest BCUT2D eigenvalue weighted by molar-refractivity contribution is -0.118. The summed E-state index contributed by atoms with van der Waals surface area (Å²) in [4.78, 5) is 12.9. The molecule has 0 aliphatic carbocycles.